The first-order chi connectivity index (χ1) is 10.1. The Balaban J connectivity index is 2.08. The second-order valence-corrected chi connectivity index (χ2v) is 4.77. The van der Waals surface area contributed by atoms with E-state index < -0.39 is 12.1 Å². The van der Waals surface area contributed by atoms with Crippen LogP contribution in [0.4, 0.5) is 0 Å². The summed E-state index contributed by atoms with van der Waals surface area (Å²) in [6.45, 7) is 0. The fraction of sp³-hybridized carbons (Fsp3) is 0.176. The lowest BCUT2D eigenvalue weighted by Gasteiger charge is -2.10. The lowest BCUT2D eigenvalue weighted by Crippen LogP contribution is -2.04. The zero-order chi connectivity index (χ0) is 15.2. The van der Waals surface area contributed by atoms with Crippen LogP contribution in [0.5, 0.6) is 0 Å². The number of benzene rings is 2. The normalized spacial score (nSPS) is 11.9. The predicted octanol–water partition coefficient (Wildman–Crippen LogP) is 2.82. The van der Waals surface area contributed by atoms with E-state index in [-0.39, 0.29) is 18.6 Å². The summed E-state index contributed by atoms with van der Waals surface area (Å²) in [6.07, 6.45) is -0.769. The van der Waals surface area contributed by atoms with E-state index in [0.717, 1.165) is 0 Å². The number of hydrogen-bond donors (Lipinski definition) is 2. The lowest BCUT2D eigenvalue weighted by molar-refractivity contribution is -0.137. The van der Waals surface area contributed by atoms with Gasteiger partial charge in [0.2, 0.25) is 0 Å². The molecule has 0 aliphatic carbocycles. The van der Waals surface area contributed by atoms with Crippen molar-refractivity contribution in [3.05, 3.63) is 71.3 Å². The van der Waals surface area contributed by atoms with Crippen LogP contribution in [0.1, 0.15) is 40.4 Å². The van der Waals surface area contributed by atoms with Gasteiger partial charge in [-0.2, -0.15) is 0 Å². The maximum absolute atomic E-state index is 12.2. The van der Waals surface area contributed by atoms with Crippen molar-refractivity contribution in [2.45, 2.75) is 18.9 Å². The molecular formula is C17H16O4. The average molecular weight is 284 g/mol. The Kier molecular flexibility index (Phi) is 4.85. The zero-order valence-electron chi connectivity index (χ0n) is 11.4. The van der Waals surface area contributed by atoms with Crippen LogP contribution < -0.4 is 0 Å². The Morgan fingerprint density at radius 3 is 2.05 bits per heavy atom. The molecule has 1 unspecified atom stereocenters. The minimum absolute atomic E-state index is 0.0813. The van der Waals surface area contributed by atoms with Crippen LogP contribution in [-0.2, 0) is 4.79 Å². The molecule has 1 atom stereocenters. The van der Waals surface area contributed by atoms with Crippen molar-refractivity contribution >= 4 is 11.8 Å². The number of aliphatic carboxylic acids is 1. The Hall–Kier alpha value is -2.46. The van der Waals surface area contributed by atoms with Gasteiger partial charge in [0.15, 0.2) is 5.78 Å². The van der Waals surface area contributed by atoms with E-state index in [1.165, 1.54) is 0 Å². The zero-order valence-corrected chi connectivity index (χ0v) is 11.4. The monoisotopic (exact) mass is 284 g/mol. The number of aliphatic hydroxyl groups excluding tert-OH is 1. The third-order valence-corrected chi connectivity index (χ3v) is 3.23. The van der Waals surface area contributed by atoms with Crippen molar-refractivity contribution in [3.8, 4) is 0 Å². The standard InChI is InChI=1S/C17H16O4/c18-15(10-11-16(19)20)12-6-8-14(9-7-12)17(21)13-4-2-1-3-5-13/h1-9,15,18H,10-11H2,(H,19,20). The van der Waals surface area contributed by atoms with Gasteiger partial charge < -0.3 is 10.2 Å². The molecule has 0 saturated heterocycles. The van der Waals surface area contributed by atoms with Crippen molar-refractivity contribution in [2.24, 2.45) is 0 Å². The first-order valence-electron chi connectivity index (χ1n) is 6.67. The van der Waals surface area contributed by atoms with E-state index in [0.29, 0.717) is 16.7 Å². The highest BCUT2D eigenvalue weighted by Gasteiger charge is 2.12. The molecule has 0 aliphatic rings. The van der Waals surface area contributed by atoms with Gasteiger partial charge in [-0.1, -0.05) is 54.6 Å². The van der Waals surface area contributed by atoms with Gasteiger partial charge >= 0.3 is 5.97 Å². The highest BCUT2D eigenvalue weighted by Crippen LogP contribution is 2.20. The van der Waals surface area contributed by atoms with Gasteiger partial charge in [0.25, 0.3) is 0 Å². The van der Waals surface area contributed by atoms with Gasteiger partial charge in [-0.3, -0.25) is 9.59 Å². The highest BCUT2D eigenvalue weighted by molar-refractivity contribution is 6.08. The summed E-state index contributed by atoms with van der Waals surface area (Å²) in [5, 5.41) is 18.5. The molecule has 4 nitrogen and oxygen atoms in total. The molecule has 0 amide bonds. The number of rotatable bonds is 6. The van der Waals surface area contributed by atoms with Crippen molar-refractivity contribution in [3.63, 3.8) is 0 Å². The first kappa shape index (κ1) is 14.9. The summed E-state index contributed by atoms with van der Waals surface area (Å²) in [6, 6.07) is 15.6. The summed E-state index contributed by atoms with van der Waals surface area (Å²) in [7, 11) is 0. The maximum Gasteiger partial charge on any atom is 0.303 e. The molecule has 21 heavy (non-hydrogen) atoms. The van der Waals surface area contributed by atoms with Crippen LogP contribution in [0.15, 0.2) is 54.6 Å². The van der Waals surface area contributed by atoms with E-state index in [4.69, 9.17) is 5.11 Å². The number of aliphatic hydroxyl groups is 1. The second-order valence-electron chi connectivity index (χ2n) is 4.77. The molecule has 0 bridgehead atoms. The van der Waals surface area contributed by atoms with E-state index in [9.17, 15) is 14.7 Å². The average Bonchev–Trinajstić information content (AvgIpc) is 2.53. The van der Waals surface area contributed by atoms with Crippen LogP contribution in [0.25, 0.3) is 0 Å². The van der Waals surface area contributed by atoms with Crippen molar-refractivity contribution in [2.75, 3.05) is 0 Å². The van der Waals surface area contributed by atoms with Gasteiger partial charge in [0.05, 0.1) is 6.10 Å². The molecule has 0 aliphatic heterocycles. The third-order valence-electron chi connectivity index (χ3n) is 3.23. The molecular weight excluding hydrogens is 268 g/mol. The van der Waals surface area contributed by atoms with Crippen LogP contribution in [0.2, 0.25) is 0 Å². The number of carbonyl (C=O) groups excluding carboxylic acids is 1. The maximum atomic E-state index is 12.2. The summed E-state index contributed by atoms with van der Waals surface area (Å²) in [4.78, 5) is 22.7. The molecule has 0 spiro atoms. The molecule has 0 radical (unpaired) electrons. The number of ketones is 1. The predicted molar refractivity (Wildman–Crippen MR) is 78.1 cm³/mol. The Bertz CT molecular complexity index is 617. The number of carbonyl (C=O) groups is 2. The van der Waals surface area contributed by atoms with Gasteiger partial charge in [-0.05, 0) is 12.0 Å². The SMILES string of the molecule is O=C(O)CCC(O)c1ccc(C(=O)c2ccccc2)cc1. The lowest BCUT2D eigenvalue weighted by atomic mass is 9.99. The number of carboxylic acid groups (broad SMARTS) is 1. The van der Waals surface area contributed by atoms with Gasteiger partial charge in [-0.25, -0.2) is 0 Å². The van der Waals surface area contributed by atoms with E-state index in [1.54, 1.807) is 48.5 Å². The van der Waals surface area contributed by atoms with Crippen LogP contribution in [0, 0.1) is 0 Å². The van der Waals surface area contributed by atoms with Crippen LogP contribution in [-0.4, -0.2) is 22.0 Å². The number of hydrogen-bond acceptors (Lipinski definition) is 3. The minimum Gasteiger partial charge on any atom is -0.481 e. The molecule has 0 fully saturated rings. The highest BCUT2D eigenvalue weighted by atomic mass is 16.4. The van der Waals surface area contributed by atoms with E-state index in [1.807, 2.05) is 6.07 Å². The molecule has 2 aromatic carbocycles. The van der Waals surface area contributed by atoms with Crippen LogP contribution >= 0.6 is 0 Å². The Morgan fingerprint density at radius 1 is 0.905 bits per heavy atom. The molecule has 0 heterocycles. The van der Waals surface area contributed by atoms with Crippen LogP contribution in [0.3, 0.4) is 0 Å². The molecule has 0 saturated carbocycles. The Labute approximate surface area is 122 Å². The summed E-state index contributed by atoms with van der Waals surface area (Å²) in [5.41, 5.74) is 1.76. The van der Waals surface area contributed by atoms with E-state index in [2.05, 4.69) is 0 Å². The Morgan fingerprint density at radius 2 is 1.48 bits per heavy atom. The van der Waals surface area contributed by atoms with Gasteiger partial charge in [0.1, 0.15) is 0 Å². The molecule has 4 heteroatoms. The third kappa shape index (κ3) is 4.00. The van der Waals surface area contributed by atoms with E-state index >= 15 is 0 Å². The van der Waals surface area contributed by atoms with Crippen molar-refractivity contribution in [1.29, 1.82) is 0 Å². The van der Waals surface area contributed by atoms with Crippen molar-refractivity contribution < 1.29 is 19.8 Å². The minimum atomic E-state index is -0.940. The summed E-state index contributed by atoms with van der Waals surface area (Å²) >= 11 is 0. The molecule has 2 rings (SSSR count). The smallest absolute Gasteiger partial charge is 0.303 e. The summed E-state index contributed by atoms with van der Waals surface area (Å²) < 4.78 is 0. The second kappa shape index (κ2) is 6.81. The fourth-order valence-electron chi connectivity index (χ4n) is 2.04. The van der Waals surface area contributed by atoms with Gasteiger partial charge in [-0.15, -0.1) is 0 Å². The summed E-state index contributed by atoms with van der Waals surface area (Å²) in [5.74, 6) is -1.02. The quantitative estimate of drug-likeness (QED) is 0.800. The number of carboxylic acids is 1. The van der Waals surface area contributed by atoms with Gasteiger partial charge in [0, 0.05) is 17.5 Å². The fourth-order valence-corrected chi connectivity index (χ4v) is 2.04. The van der Waals surface area contributed by atoms with Crippen molar-refractivity contribution in [1.82, 2.24) is 0 Å². The molecule has 2 N–H and O–H groups in total. The first-order valence-corrected chi connectivity index (χ1v) is 6.67. The molecule has 0 aromatic heterocycles. The largest absolute Gasteiger partial charge is 0.481 e. The molecule has 2 aromatic rings. The molecule has 108 valence electrons. The topological polar surface area (TPSA) is 74.6 Å².